The molecule has 2 aromatic rings. The van der Waals surface area contributed by atoms with Crippen molar-refractivity contribution < 1.29 is 9.59 Å². The minimum absolute atomic E-state index is 0.271. The molecule has 0 atom stereocenters. The van der Waals surface area contributed by atoms with Crippen LogP contribution in [0.15, 0.2) is 54.6 Å². The number of hydrogen-bond acceptors (Lipinski definition) is 2. The monoisotopic (exact) mass is 329 g/mol. The van der Waals surface area contributed by atoms with Gasteiger partial charge in [-0.05, 0) is 36.5 Å². The molecule has 0 saturated heterocycles. The van der Waals surface area contributed by atoms with Gasteiger partial charge in [-0.15, -0.1) is 0 Å². The van der Waals surface area contributed by atoms with Gasteiger partial charge in [0, 0.05) is 18.0 Å². The van der Waals surface area contributed by atoms with Crippen LogP contribution in [0.25, 0.3) is 0 Å². The Morgan fingerprint density at radius 2 is 1.61 bits per heavy atom. The van der Waals surface area contributed by atoms with Crippen molar-refractivity contribution >= 4 is 23.3 Å². The fraction of sp³-hybridized carbons (Fsp3) is 0.263. The van der Waals surface area contributed by atoms with Crippen molar-refractivity contribution in [3.8, 4) is 0 Å². The third kappa shape index (κ3) is 5.87. The molecule has 0 bridgehead atoms. The molecule has 0 radical (unpaired) electrons. The van der Waals surface area contributed by atoms with Crippen LogP contribution in [-0.4, -0.2) is 18.2 Å². The molecule has 2 aromatic carbocycles. The van der Waals surface area contributed by atoms with E-state index in [0.717, 1.165) is 12.0 Å². The summed E-state index contributed by atoms with van der Waals surface area (Å²) in [6.07, 6.45) is 2.37. The van der Waals surface area contributed by atoms with Gasteiger partial charge in [-0.3, -0.25) is 9.59 Å². The molecular weight excluding hydrogens is 310 g/mol. The molecule has 0 fully saturated rings. The predicted molar refractivity (Wildman–Crippen MR) is 92.6 cm³/mol. The molecule has 4 heteroatoms. The average Bonchev–Trinajstić information content (AvgIpc) is 2.57. The molecule has 0 aliphatic carbocycles. The minimum atomic E-state index is -0.509. The number of hydrogen-bond donors (Lipinski definition) is 1. The summed E-state index contributed by atoms with van der Waals surface area (Å²) in [5.41, 5.74) is 2.14. The molecule has 0 unspecified atom stereocenters. The number of benzene rings is 2. The summed E-state index contributed by atoms with van der Waals surface area (Å²) in [5.74, 6) is -0.870. The maximum atomic E-state index is 11.8. The molecule has 0 aromatic heterocycles. The van der Waals surface area contributed by atoms with Crippen LogP contribution in [0.3, 0.4) is 0 Å². The number of carbonyl (C=O) groups is 2. The number of ketones is 1. The van der Waals surface area contributed by atoms with Crippen molar-refractivity contribution in [1.82, 2.24) is 5.32 Å². The number of rotatable bonds is 8. The number of aryl methyl sites for hydroxylation is 1. The molecular formula is C19H20ClNO2. The standard InChI is InChI=1S/C19H20ClNO2/c20-17-11-5-4-10-16(17)13-14-21-19(23)18(22)12-6-9-15-7-2-1-3-8-15/h1-5,7-8,10-11H,6,9,12-14H2,(H,21,23). The first-order valence-corrected chi connectivity index (χ1v) is 8.13. The normalized spacial score (nSPS) is 10.3. The van der Waals surface area contributed by atoms with Crippen LogP contribution in [0.2, 0.25) is 5.02 Å². The topological polar surface area (TPSA) is 46.2 Å². The second-order valence-corrected chi connectivity index (χ2v) is 5.77. The van der Waals surface area contributed by atoms with Crippen molar-refractivity contribution in [2.24, 2.45) is 0 Å². The fourth-order valence-electron chi connectivity index (χ4n) is 2.32. The Kier molecular flexibility index (Phi) is 6.82. The van der Waals surface area contributed by atoms with Crippen molar-refractivity contribution in [1.29, 1.82) is 0 Å². The van der Waals surface area contributed by atoms with Gasteiger partial charge in [0.2, 0.25) is 5.78 Å². The van der Waals surface area contributed by atoms with Gasteiger partial charge < -0.3 is 5.32 Å². The van der Waals surface area contributed by atoms with E-state index in [1.807, 2.05) is 54.6 Å². The first-order chi connectivity index (χ1) is 11.2. The van der Waals surface area contributed by atoms with E-state index >= 15 is 0 Å². The quantitative estimate of drug-likeness (QED) is 0.752. The van der Waals surface area contributed by atoms with Gasteiger partial charge in [-0.25, -0.2) is 0 Å². The Morgan fingerprint density at radius 1 is 0.913 bits per heavy atom. The number of amides is 1. The molecule has 0 aliphatic heterocycles. The van der Waals surface area contributed by atoms with E-state index < -0.39 is 5.91 Å². The van der Waals surface area contributed by atoms with Crippen LogP contribution < -0.4 is 5.32 Å². The third-order valence-electron chi connectivity index (χ3n) is 3.60. The molecule has 23 heavy (non-hydrogen) atoms. The molecule has 0 saturated carbocycles. The van der Waals surface area contributed by atoms with Crippen LogP contribution in [0, 0.1) is 0 Å². The van der Waals surface area contributed by atoms with Crippen molar-refractivity contribution in [3.63, 3.8) is 0 Å². The van der Waals surface area contributed by atoms with Gasteiger partial charge in [0.15, 0.2) is 0 Å². The lowest BCUT2D eigenvalue weighted by Crippen LogP contribution is -2.32. The lowest BCUT2D eigenvalue weighted by atomic mass is 10.1. The van der Waals surface area contributed by atoms with Gasteiger partial charge in [-0.1, -0.05) is 60.1 Å². The highest BCUT2D eigenvalue weighted by atomic mass is 35.5. The van der Waals surface area contributed by atoms with Crippen molar-refractivity contribution in [2.45, 2.75) is 25.7 Å². The van der Waals surface area contributed by atoms with E-state index in [1.54, 1.807) is 0 Å². The second-order valence-electron chi connectivity index (χ2n) is 5.36. The smallest absolute Gasteiger partial charge is 0.287 e. The lowest BCUT2D eigenvalue weighted by molar-refractivity contribution is -0.137. The molecule has 120 valence electrons. The van der Waals surface area contributed by atoms with Crippen LogP contribution >= 0.6 is 11.6 Å². The van der Waals surface area contributed by atoms with E-state index in [2.05, 4.69) is 5.32 Å². The van der Waals surface area contributed by atoms with Gasteiger partial charge in [0.05, 0.1) is 0 Å². The number of carbonyl (C=O) groups excluding carboxylic acids is 2. The summed E-state index contributed by atoms with van der Waals surface area (Å²) in [6, 6.07) is 17.4. The Morgan fingerprint density at radius 3 is 2.35 bits per heavy atom. The van der Waals surface area contributed by atoms with Gasteiger partial charge >= 0.3 is 0 Å². The molecule has 1 amide bonds. The van der Waals surface area contributed by atoms with Gasteiger partial charge in [0.25, 0.3) is 5.91 Å². The number of halogens is 1. The molecule has 1 N–H and O–H groups in total. The zero-order chi connectivity index (χ0) is 16.5. The predicted octanol–water partition coefficient (Wildman–Crippen LogP) is 3.59. The van der Waals surface area contributed by atoms with Crippen LogP contribution in [0.4, 0.5) is 0 Å². The van der Waals surface area contributed by atoms with E-state index in [1.165, 1.54) is 5.56 Å². The van der Waals surface area contributed by atoms with E-state index in [4.69, 9.17) is 11.6 Å². The highest BCUT2D eigenvalue weighted by Gasteiger charge is 2.12. The Labute approximate surface area is 141 Å². The first-order valence-electron chi connectivity index (χ1n) is 7.75. The second kappa shape index (κ2) is 9.11. The summed E-state index contributed by atoms with van der Waals surface area (Å²) in [7, 11) is 0. The van der Waals surface area contributed by atoms with Crippen molar-refractivity contribution in [2.75, 3.05) is 6.54 Å². The van der Waals surface area contributed by atoms with E-state index in [0.29, 0.717) is 24.4 Å². The van der Waals surface area contributed by atoms with Gasteiger partial charge in [0.1, 0.15) is 0 Å². The molecule has 0 heterocycles. The molecule has 3 nitrogen and oxygen atoms in total. The van der Waals surface area contributed by atoms with Crippen LogP contribution in [-0.2, 0) is 22.4 Å². The number of Topliss-reactive ketones (excluding diaryl/α,β-unsaturated/α-hetero) is 1. The molecule has 0 aliphatic rings. The molecule has 2 rings (SSSR count). The maximum absolute atomic E-state index is 11.8. The zero-order valence-electron chi connectivity index (χ0n) is 12.9. The highest BCUT2D eigenvalue weighted by Crippen LogP contribution is 2.14. The van der Waals surface area contributed by atoms with Crippen LogP contribution in [0.1, 0.15) is 24.0 Å². The maximum Gasteiger partial charge on any atom is 0.287 e. The summed E-state index contributed by atoms with van der Waals surface area (Å²) in [5, 5.41) is 3.34. The third-order valence-corrected chi connectivity index (χ3v) is 3.97. The summed E-state index contributed by atoms with van der Waals surface area (Å²) >= 11 is 6.05. The molecule has 0 spiro atoms. The Bertz CT molecular complexity index is 655. The summed E-state index contributed by atoms with van der Waals surface area (Å²) in [4.78, 5) is 23.6. The van der Waals surface area contributed by atoms with Crippen molar-refractivity contribution in [3.05, 3.63) is 70.7 Å². The average molecular weight is 330 g/mol. The lowest BCUT2D eigenvalue weighted by Gasteiger charge is -2.06. The highest BCUT2D eigenvalue weighted by molar-refractivity contribution is 6.36. The summed E-state index contributed by atoms with van der Waals surface area (Å²) in [6.45, 7) is 0.410. The first kappa shape index (κ1) is 17.2. The van der Waals surface area contributed by atoms with E-state index in [9.17, 15) is 9.59 Å². The Balaban J connectivity index is 1.67. The van der Waals surface area contributed by atoms with E-state index in [-0.39, 0.29) is 12.2 Å². The Hall–Kier alpha value is -2.13. The van der Waals surface area contributed by atoms with Crippen LogP contribution in [0.5, 0.6) is 0 Å². The van der Waals surface area contributed by atoms with Gasteiger partial charge in [-0.2, -0.15) is 0 Å². The minimum Gasteiger partial charge on any atom is -0.349 e. The number of nitrogens with one attached hydrogen (secondary N) is 1. The largest absolute Gasteiger partial charge is 0.349 e. The SMILES string of the molecule is O=C(CCCc1ccccc1)C(=O)NCCc1ccccc1Cl. The zero-order valence-corrected chi connectivity index (χ0v) is 13.7. The fourth-order valence-corrected chi connectivity index (χ4v) is 2.55. The summed E-state index contributed by atoms with van der Waals surface area (Å²) < 4.78 is 0.